The van der Waals surface area contributed by atoms with Gasteiger partial charge in [0.15, 0.2) is 0 Å². The lowest BCUT2D eigenvalue weighted by Crippen LogP contribution is -2.15. The van der Waals surface area contributed by atoms with E-state index < -0.39 is 10.0 Å². The van der Waals surface area contributed by atoms with E-state index in [4.69, 9.17) is 4.74 Å². The fourth-order valence-corrected chi connectivity index (χ4v) is 4.06. The molecule has 0 unspecified atom stereocenters. The van der Waals surface area contributed by atoms with Crippen molar-refractivity contribution in [2.75, 3.05) is 11.8 Å². The molecule has 2 aromatic carbocycles. The highest BCUT2D eigenvalue weighted by atomic mass is 32.2. The van der Waals surface area contributed by atoms with Crippen LogP contribution in [0.5, 0.6) is 5.75 Å². The molecule has 0 amide bonds. The van der Waals surface area contributed by atoms with Crippen LogP contribution < -0.4 is 9.46 Å². The molecule has 0 atom stereocenters. The summed E-state index contributed by atoms with van der Waals surface area (Å²) in [6.45, 7) is 5.67. The van der Waals surface area contributed by atoms with Crippen LogP contribution in [0, 0.1) is 20.8 Å². The monoisotopic (exact) mass is 356 g/mol. The smallest absolute Gasteiger partial charge is 0.262 e. The number of rotatable bonds is 4. The van der Waals surface area contributed by atoms with Crippen LogP contribution in [0.1, 0.15) is 16.7 Å². The SMILES string of the molecule is COc1ccc2cc(NS(=O)(=O)c3cc(C)c(C)cc3C)cnc2c1. The summed E-state index contributed by atoms with van der Waals surface area (Å²) in [6, 6.07) is 10.8. The van der Waals surface area contributed by atoms with Crippen LogP contribution in [-0.4, -0.2) is 20.5 Å². The maximum absolute atomic E-state index is 12.8. The predicted octanol–water partition coefficient (Wildman–Crippen LogP) is 3.97. The molecule has 0 aliphatic carbocycles. The van der Waals surface area contributed by atoms with Gasteiger partial charge in [-0.15, -0.1) is 0 Å². The Morgan fingerprint density at radius 2 is 1.68 bits per heavy atom. The number of hydrogen-bond donors (Lipinski definition) is 1. The molecule has 0 spiro atoms. The number of pyridine rings is 1. The normalized spacial score (nSPS) is 11.5. The topological polar surface area (TPSA) is 68.3 Å². The van der Waals surface area contributed by atoms with E-state index in [1.807, 2.05) is 32.0 Å². The van der Waals surface area contributed by atoms with Gasteiger partial charge < -0.3 is 4.74 Å². The molecule has 1 N–H and O–H groups in total. The summed E-state index contributed by atoms with van der Waals surface area (Å²) < 4.78 is 33.3. The standard InChI is InChI=1S/C19H20N2O3S/c1-12-7-14(3)19(8-13(12)2)25(22,23)21-16-9-15-5-6-17(24-4)10-18(15)20-11-16/h5-11,21H,1-4H3. The van der Waals surface area contributed by atoms with Crippen molar-refractivity contribution < 1.29 is 13.2 Å². The van der Waals surface area contributed by atoms with Gasteiger partial charge in [-0.2, -0.15) is 0 Å². The number of fused-ring (bicyclic) bond motifs is 1. The van der Waals surface area contributed by atoms with Crippen LogP contribution in [-0.2, 0) is 10.0 Å². The summed E-state index contributed by atoms with van der Waals surface area (Å²) >= 11 is 0. The zero-order chi connectivity index (χ0) is 18.2. The van der Waals surface area contributed by atoms with Crippen LogP contribution in [0.15, 0.2) is 47.5 Å². The third kappa shape index (κ3) is 3.44. The first-order chi connectivity index (χ1) is 11.8. The molecule has 130 valence electrons. The second-order valence-electron chi connectivity index (χ2n) is 6.09. The largest absolute Gasteiger partial charge is 0.497 e. The zero-order valence-electron chi connectivity index (χ0n) is 14.6. The molecule has 1 aromatic heterocycles. The average molecular weight is 356 g/mol. The Morgan fingerprint density at radius 3 is 2.40 bits per heavy atom. The first-order valence-electron chi connectivity index (χ1n) is 7.84. The number of nitrogens with one attached hydrogen (secondary N) is 1. The van der Waals surface area contributed by atoms with Crippen molar-refractivity contribution >= 4 is 26.6 Å². The fourth-order valence-electron chi connectivity index (χ4n) is 2.72. The van der Waals surface area contributed by atoms with Gasteiger partial charge >= 0.3 is 0 Å². The van der Waals surface area contributed by atoms with Gasteiger partial charge in [-0.3, -0.25) is 9.71 Å². The number of aryl methyl sites for hydroxylation is 3. The maximum Gasteiger partial charge on any atom is 0.262 e. The van der Waals surface area contributed by atoms with Crippen molar-refractivity contribution in [2.24, 2.45) is 0 Å². The van der Waals surface area contributed by atoms with Gasteiger partial charge in [0, 0.05) is 11.5 Å². The quantitative estimate of drug-likeness (QED) is 0.768. The minimum atomic E-state index is -3.68. The van der Waals surface area contributed by atoms with Crippen molar-refractivity contribution in [3.63, 3.8) is 0 Å². The number of sulfonamides is 1. The van der Waals surface area contributed by atoms with E-state index in [2.05, 4.69) is 9.71 Å². The van der Waals surface area contributed by atoms with Crippen LogP contribution in [0.25, 0.3) is 10.9 Å². The van der Waals surface area contributed by atoms with Gasteiger partial charge in [0.05, 0.1) is 29.4 Å². The number of hydrogen-bond acceptors (Lipinski definition) is 4. The summed E-state index contributed by atoms with van der Waals surface area (Å²) in [5.74, 6) is 0.707. The molecule has 0 radical (unpaired) electrons. The molecule has 3 aromatic rings. The zero-order valence-corrected chi connectivity index (χ0v) is 15.4. The van der Waals surface area contributed by atoms with E-state index >= 15 is 0 Å². The minimum Gasteiger partial charge on any atom is -0.497 e. The second-order valence-corrected chi connectivity index (χ2v) is 7.74. The Hall–Kier alpha value is -2.60. The lowest BCUT2D eigenvalue weighted by atomic mass is 10.1. The van der Waals surface area contributed by atoms with Gasteiger partial charge in [0.1, 0.15) is 5.75 Å². The first-order valence-corrected chi connectivity index (χ1v) is 9.33. The molecule has 0 saturated heterocycles. The van der Waals surface area contributed by atoms with Gasteiger partial charge in [-0.1, -0.05) is 6.07 Å². The van der Waals surface area contributed by atoms with E-state index in [1.165, 1.54) is 6.20 Å². The highest BCUT2D eigenvalue weighted by Crippen LogP contribution is 2.25. The number of anilines is 1. The summed E-state index contributed by atoms with van der Waals surface area (Å²) in [4.78, 5) is 4.60. The number of nitrogens with zero attached hydrogens (tertiary/aromatic N) is 1. The number of benzene rings is 2. The molecule has 0 fully saturated rings. The lowest BCUT2D eigenvalue weighted by Gasteiger charge is -2.13. The van der Waals surface area contributed by atoms with Crippen LogP contribution >= 0.6 is 0 Å². The minimum absolute atomic E-state index is 0.283. The highest BCUT2D eigenvalue weighted by molar-refractivity contribution is 7.92. The summed E-state index contributed by atoms with van der Waals surface area (Å²) in [6.07, 6.45) is 1.51. The molecule has 0 aliphatic heterocycles. The van der Waals surface area contributed by atoms with Crippen LogP contribution in [0.2, 0.25) is 0 Å². The van der Waals surface area contributed by atoms with Crippen LogP contribution in [0.3, 0.4) is 0 Å². The molecule has 3 rings (SSSR count). The van der Waals surface area contributed by atoms with Gasteiger partial charge in [-0.05, 0) is 61.7 Å². The van der Waals surface area contributed by atoms with Crippen molar-refractivity contribution in [3.8, 4) is 5.75 Å². The van der Waals surface area contributed by atoms with Gasteiger partial charge in [0.2, 0.25) is 0 Å². The van der Waals surface area contributed by atoms with Gasteiger partial charge in [0.25, 0.3) is 10.0 Å². The van der Waals surface area contributed by atoms with E-state index in [9.17, 15) is 8.42 Å². The molecule has 0 aliphatic rings. The van der Waals surface area contributed by atoms with E-state index in [0.29, 0.717) is 17.0 Å². The Balaban J connectivity index is 1.98. The van der Waals surface area contributed by atoms with E-state index in [0.717, 1.165) is 22.0 Å². The van der Waals surface area contributed by atoms with Crippen molar-refractivity contribution in [1.29, 1.82) is 0 Å². The molecule has 6 heteroatoms. The average Bonchev–Trinajstić information content (AvgIpc) is 2.57. The molecular weight excluding hydrogens is 336 g/mol. The third-order valence-electron chi connectivity index (χ3n) is 4.22. The number of aromatic nitrogens is 1. The first kappa shape index (κ1) is 17.2. The van der Waals surface area contributed by atoms with Gasteiger partial charge in [-0.25, -0.2) is 8.42 Å². The maximum atomic E-state index is 12.8. The molecular formula is C19H20N2O3S. The molecule has 1 heterocycles. The summed E-state index contributed by atoms with van der Waals surface area (Å²) in [5, 5.41) is 0.831. The van der Waals surface area contributed by atoms with Crippen molar-refractivity contribution in [3.05, 3.63) is 59.3 Å². The molecule has 25 heavy (non-hydrogen) atoms. The molecule has 0 bridgehead atoms. The number of methoxy groups -OCH3 is 1. The Morgan fingerprint density at radius 1 is 0.960 bits per heavy atom. The van der Waals surface area contributed by atoms with Crippen LogP contribution in [0.4, 0.5) is 5.69 Å². The van der Waals surface area contributed by atoms with Crippen molar-refractivity contribution in [2.45, 2.75) is 25.7 Å². The predicted molar refractivity (Wildman–Crippen MR) is 99.8 cm³/mol. The molecule has 5 nitrogen and oxygen atoms in total. The Labute approximate surface area is 147 Å². The lowest BCUT2D eigenvalue weighted by molar-refractivity contribution is 0.415. The second kappa shape index (κ2) is 6.37. The third-order valence-corrected chi connectivity index (χ3v) is 5.75. The Bertz CT molecular complexity index is 1060. The number of ether oxygens (including phenoxy) is 1. The molecule has 0 saturated carbocycles. The summed E-state index contributed by atoms with van der Waals surface area (Å²) in [5.41, 5.74) is 3.89. The Kier molecular flexibility index (Phi) is 4.39. The summed E-state index contributed by atoms with van der Waals surface area (Å²) in [7, 11) is -2.09. The van der Waals surface area contributed by atoms with Crippen molar-refractivity contribution in [1.82, 2.24) is 4.98 Å². The fraction of sp³-hybridized carbons (Fsp3) is 0.211. The van der Waals surface area contributed by atoms with E-state index in [-0.39, 0.29) is 4.90 Å². The van der Waals surface area contributed by atoms with E-state index in [1.54, 1.807) is 32.2 Å². The highest BCUT2D eigenvalue weighted by Gasteiger charge is 2.18.